The van der Waals surface area contributed by atoms with Gasteiger partial charge in [-0.2, -0.15) is 4.98 Å². The summed E-state index contributed by atoms with van der Waals surface area (Å²) in [6, 6.07) is 5.03. The molecule has 1 aromatic carbocycles. The summed E-state index contributed by atoms with van der Waals surface area (Å²) < 4.78 is 19.0. The third-order valence-corrected chi connectivity index (χ3v) is 4.75. The van der Waals surface area contributed by atoms with Crippen molar-refractivity contribution in [2.45, 2.75) is 33.4 Å². The molecule has 1 aromatic heterocycles. The fourth-order valence-electron chi connectivity index (χ4n) is 3.23. The van der Waals surface area contributed by atoms with Crippen molar-refractivity contribution in [3.8, 4) is 0 Å². The molecule has 1 N–H and O–H groups in total. The summed E-state index contributed by atoms with van der Waals surface area (Å²) in [5, 5.41) is 7.14. The van der Waals surface area contributed by atoms with Crippen LogP contribution >= 0.6 is 0 Å². The quantitative estimate of drug-likeness (QED) is 0.866. The molecule has 1 aliphatic rings. The molecule has 1 saturated heterocycles. The minimum atomic E-state index is -0.215. The highest BCUT2D eigenvalue weighted by Crippen LogP contribution is 2.28. The van der Waals surface area contributed by atoms with Crippen LogP contribution < -0.4 is 10.2 Å². The molecule has 0 saturated carbocycles. The Kier molecular flexibility index (Phi) is 5.65. The normalized spacial score (nSPS) is 17.0. The van der Waals surface area contributed by atoms with Crippen molar-refractivity contribution < 1.29 is 8.91 Å². The van der Waals surface area contributed by atoms with Gasteiger partial charge in [0.05, 0.1) is 6.54 Å². The molecule has 1 fully saturated rings. The highest BCUT2D eigenvalue weighted by molar-refractivity contribution is 5.55. The van der Waals surface area contributed by atoms with Crippen LogP contribution in [0.3, 0.4) is 0 Å². The Hall–Kier alpha value is -1.99. The van der Waals surface area contributed by atoms with Crippen LogP contribution in [-0.2, 0) is 6.54 Å². The van der Waals surface area contributed by atoms with Crippen LogP contribution in [0.2, 0.25) is 0 Å². The van der Waals surface area contributed by atoms with Gasteiger partial charge in [0, 0.05) is 37.9 Å². The van der Waals surface area contributed by atoms with Crippen LogP contribution in [0.25, 0.3) is 0 Å². The molecule has 1 aliphatic heterocycles. The van der Waals surface area contributed by atoms with Crippen LogP contribution in [0.15, 0.2) is 22.7 Å². The van der Waals surface area contributed by atoms with E-state index in [0.717, 1.165) is 44.0 Å². The van der Waals surface area contributed by atoms with Gasteiger partial charge in [0.2, 0.25) is 5.89 Å². The van der Waals surface area contributed by atoms with E-state index in [9.17, 15) is 4.39 Å². The Morgan fingerprint density at radius 2 is 2.04 bits per heavy atom. The molecular formula is C18H26FN5O. The molecule has 3 rings (SSSR count). The lowest BCUT2D eigenvalue weighted by Crippen LogP contribution is -2.46. The van der Waals surface area contributed by atoms with E-state index in [2.05, 4.69) is 32.2 Å². The number of halogens is 1. The summed E-state index contributed by atoms with van der Waals surface area (Å²) >= 11 is 0. The standard InChI is InChI=1S/C18H26FN5O/c1-4-23-7-9-24(10-8-23)17-6-5-15(19)11-16(17)13(2)20-12-18-21-14(3)22-25-18/h5-6,11,13,20H,4,7-10,12H2,1-3H3. The summed E-state index contributed by atoms with van der Waals surface area (Å²) in [4.78, 5) is 8.97. The van der Waals surface area contributed by atoms with Gasteiger partial charge in [-0.1, -0.05) is 12.1 Å². The molecule has 0 bridgehead atoms. The molecular weight excluding hydrogens is 321 g/mol. The van der Waals surface area contributed by atoms with Crippen molar-refractivity contribution in [2.75, 3.05) is 37.6 Å². The lowest BCUT2D eigenvalue weighted by Gasteiger charge is -2.37. The maximum atomic E-state index is 13.9. The van der Waals surface area contributed by atoms with Crippen molar-refractivity contribution in [3.05, 3.63) is 41.3 Å². The van der Waals surface area contributed by atoms with E-state index >= 15 is 0 Å². The average molecular weight is 347 g/mol. The number of nitrogens with one attached hydrogen (secondary N) is 1. The topological polar surface area (TPSA) is 57.4 Å². The van der Waals surface area contributed by atoms with E-state index in [0.29, 0.717) is 18.3 Å². The lowest BCUT2D eigenvalue weighted by molar-refractivity contribution is 0.271. The minimum absolute atomic E-state index is 0.0258. The lowest BCUT2D eigenvalue weighted by atomic mass is 10.0. The molecule has 1 unspecified atom stereocenters. The van der Waals surface area contributed by atoms with Gasteiger partial charge in [-0.3, -0.25) is 0 Å². The Morgan fingerprint density at radius 1 is 1.28 bits per heavy atom. The second-order valence-electron chi connectivity index (χ2n) is 6.46. The van der Waals surface area contributed by atoms with E-state index < -0.39 is 0 Å². The zero-order valence-corrected chi connectivity index (χ0v) is 15.1. The second kappa shape index (κ2) is 7.93. The first-order valence-corrected chi connectivity index (χ1v) is 8.86. The zero-order chi connectivity index (χ0) is 17.8. The maximum Gasteiger partial charge on any atom is 0.240 e. The highest BCUT2D eigenvalue weighted by atomic mass is 19.1. The third kappa shape index (κ3) is 4.35. The van der Waals surface area contributed by atoms with Crippen molar-refractivity contribution in [2.24, 2.45) is 0 Å². The van der Waals surface area contributed by atoms with Crippen LogP contribution in [0.5, 0.6) is 0 Å². The Bertz CT molecular complexity index is 697. The van der Waals surface area contributed by atoms with Crippen molar-refractivity contribution in [1.29, 1.82) is 0 Å². The van der Waals surface area contributed by atoms with Gasteiger partial charge in [0.1, 0.15) is 5.82 Å². The van der Waals surface area contributed by atoms with Gasteiger partial charge in [0.25, 0.3) is 0 Å². The molecule has 2 heterocycles. The Labute approximate surface area is 148 Å². The van der Waals surface area contributed by atoms with Crippen molar-refractivity contribution in [3.63, 3.8) is 0 Å². The average Bonchev–Trinajstić information content (AvgIpc) is 3.05. The molecule has 25 heavy (non-hydrogen) atoms. The number of piperazine rings is 1. The molecule has 0 radical (unpaired) electrons. The first-order chi connectivity index (χ1) is 12.1. The zero-order valence-electron chi connectivity index (χ0n) is 15.1. The molecule has 136 valence electrons. The number of nitrogens with zero attached hydrogens (tertiary/aromatic N) is 4. The van der Waals surface area contributed by atoms with Gasteiger partial charge in [0.15, 0.2) is 5.82 Å². The number of benzene rings is 1. The predicted octanol–water partition coefficient (Wildman–Crippen LogP) is 2.51. The summed E-state index contributed by atoms with van der Waals surface area (Å²) in [5.74, 6) is 0.941. The van der Waals surface area contributed by atoms with Crippen LogP contribution in [0.1, 0.15) is 37.2 Å². The number of hydrogen-bond acceptors (Lipinski definition) is 6. The fraction of sp³-hybridized carbons (Fsp3) is 0.556. The van der Waals surface area contributed by atoms with Gasteiger partial charge in [-0.25, -0.2) is 4.39 Å². The van der Waals surface area contributed by atoms with Crippen LogP contribution in [0, 0.1) is 12.7 Å². The molecule has 0 spiro atoms. The van der Waals surface area contributed by atoms with E-state index in [1.807, 2.05) is 13.0 Å². The first-order valence-electron chi connectivity index (χ1n) is 8.86. The Morgan fingerprint density at radius 3 is 2.68 bits per heavy atom. The molecule has 6 nitrogen and oxygen atoms in total. The number of aryl methyl sites for hydroxylation is 1. The minimum Gasteiger partial charge on any atom is -0.369 e. The Balaban J connectivity index is 1.72. The first kappa shape index (κ1) is 17.8. The van der Waals surface area contributed by atoms with Gasteiger partial charge in [-0.15, -0.1) is 0 Å². The number of rotatable bonds is 6. The second-order valence-corrected chi connectivity index (χ2v) is 6.46. The van der Waals surface area contributed by atoms with E-state index in [1.54, 1.807) is 19.1 Å². The maximum absolute atomic E-state index is 13.9. The van der Waals surface area contributed by atoms with E-state index in [1.165, 1.54) is 0 Å². The van der Waals surface area contributed by atoms with E-state index in [4.69, 9.17) is 4.52 Å². The number of hydrogen-bond donors (Lipinski definition) is 1. The summed E-state index contributed by atoms with van der Waals surface area (Å²) in [6.07, 6.45) is 0. The summed E-state index contributed by atoms with van der Waals surface area (Å²) in [7, 11) is 0. The largest absolute Gasteiger partial charge is 0.369 e. The molecule has 0 aliphatic carbocycles. The third-order valence-electron chi connectivity index (χ3n) is 4.75. The predicted molar refractivity (Wildman–Crippen MR) is 95.0 cm³/mol. The smallest absolute Gasteiger partial charge is 0.240 e. The SMILES string of the molecule is CCN1CCN(c2ccc(F)cc2C(C)NCc2nc(C)no2)CC1. The highest BCUT2D eigenvalue weighted by Gasteiger charge is 2.21. The number of aromatic nitrogens is 2. The van der Waals surface area contributed by atoms with E-state index in [-0.39, 0.29) is 11.9 Å². The van der Waals surface area contributed by atoms with Gasteiger partial charge in [-0.05, 0) is 44.2 Å². The molecule has 1 atom stereocenters. The monoisotopic (exact) mass is 347 g/mol. The van der Waals surface area contributed by atoms with Crippen LogP contribution in [0.4, 0.5) is 10.1 Å². The summed E-state index contributed by atoms with van der Waals surface area (Å²) in [6.45, 7) is 11.5. The van der Waals surface area contributed by atoms with Gasteiger partial charge >= 0.3 is 0 Å². The number of likely N-dealkylation sites (N-methyl/N-ethyl adjacent to an activating group) is 1. The number of anilines is 1. The van der Waals surface area contributed by atoms with Crippen molar-refractivity contribution in [1.82, 2.24) is 20.4 Å². The summed E-state index contributed by atoms with van der Waals surface area (Å²) in [5.41, 5.74) is 2.06. The molecule has 7 heteroatoms. The molecule has 0 amide bonds. The fourth-order valence-corrected chi connectivity index (χ4v) is 3.23. The van der Waals surface area contributed by atoms with Crippen molar-refractivity contribution >= 4 is 5.69 Å². The molecule has 2 aromatic rings. The van der Waals surface area contributed by atoms with Crippen LogP contribution in [-0.4, -0.2) is 47.8 Å². The van der Waals surface area contributed by atoms with Gasteiger partial charge < -0.3 is 19.6 Å².